The smallest absolute Gasteiger partial charge is 0.225 e. The predicted molar refractivity (Wildman–Crippen MR) is 128 cm³/mol. The lowest BCUT2D eigenvalue weighted by Gasteiger charge is -2.50. The number of benzene rings is 1. The van der Waals surface area contributed by atoms with Gasteiger partial charge in [0.15, 0.2) is 0 Å². The first-order valence-corrected chi connectivity index (χ1v) is 12.4. The van der Waals surface area contributed by atoms with Crippen molar-refractivity contribution in [1.29, 1.82) is 0 Å². The van der Waals surface area contributed by atoms with Gasteiger partial charge in [0.25, 0.3) is 0 Å². The zero-order chi connectivity index (χ0) is 23.0. The number of nitrogens with one attached hydrogen (secondary N) is 1. The minimum Gasteiger partial charge on any atom is -0.495 e. The largest absolute Gasteiger partial charge is 0.495 e. The van der Waals surface area contributed by atoms with Crippen LogP contribution >= 0.6 is 0 Å². The molecule has 174 valence electrons. The molecular formula is C28H34N2O3. The number of Topliss-reactive ketones (excluding diaryl/α,β-unsaturated/α-hetero) is 1. The van der Waals surface area contributed by atoms with Crippen LogP contribution in [0.5, 0.6) is 5.75 Å². The first-order chi connectivity index (χ1) is 16.0. The van der Waals surface area contributed by atoms with Crippen LogP contribution in [0, 0.1) is 23.2 Å². The molecule has 1 heterocycles. The molecule has 0 radical (unpaired) electrons. The number of ketones is 1. The van der Waals surface area contributed by atoms with Gasteiger partial charge in [-0.3, -0.25) is 9.59 Å². The van der Waals surface area contributed by atoms with E-state index < -0.39 is 0 Å². The van der Waals surface area contributed by atoms with E-state index in [1.807, 2.05) is 0 Å². The highest BCUT2D eigenvalue weighted by Crippen LogP contribution is 2.62. The summed E-state index contributed by atoms with van der Waals surface area (Å²) in [4.78, 5) is 29.8. The van der Waals surface area contributed by atoms with Gasteiger partial charge >= 0.3 is 0 Å². The highest BCUT2D eigenvalue weighted by Gasteiger charge is 2.58. The summed E-state index contributed by atoms with van der Waals surface area (Å²) in [5.41, 5.74) is 2.86. The van der Waals surface area contributed by atoms with Crippen molar-refractivity contribution in [1.82, 2.24) is 4.98 Å². The van der Waals surface area contributed by atoms with Gasteiger partial charge in [-0.15, -0.1) is 0 Å². The van der Waals surface area contributed by atoms with E-state index in [9.17, 15) is 9.59 Å². The molecule has 0 aliphatic heterocycles. The first-order valence-electron chi connectivity index (χ1n) is 12.4. The summed E-state index contributed by atoms with van der Waals surface area (Å²) < 4.78 is 5.11. The molecule has 3 aliphatic carbocycles. The predicted octanol–water partition coefficient (Wildman–Crippen LogP) is 5.55. The number of ether oxygens (including phenoxy) is 1. The Morgan fingerprint density at radius 1 is 1.21 bits per heavy atom. The number of amides is 1. The maximum Gasteiger partial charge on any atom is 0.225 e. The van der Waals surface area contributed by atoms with Crippen LogP contribution in [0.3, 0.4) is 0 Å². The Labute approximate surface area is 196 Å². The Balaban J connectivity index is 1.23. The molecule has 5 heteroatoms. The van der Waals surface area contributed by atoms with Crippen molar-refractivity contribution in [2.24, 2.45) is 23.2 Å². The molecule has 1 aromatic heterocycles. The Morgan fingerprint density at radius 2 is 2.06 bits per heavy atom. The third-order valence-electron chi connectivity index (χ3n) is 8.70. The number of nitrogens with zero attached hydrogens (tertiary/aromatic N) is 1. The number of aromatic nitrogens is 1. The second kappa shape index (κ2) is 8.92. The van der Waals surface area contributed by atoms with E-state index in [0.29, 0.717) is 53.9 Å². The number of fused-ring (bicyclic) bond motifs is 5. The molecule has 0 bridgehead atoms. The topological polar surface area (TPSA) is 68.3 Å². The molecule has 33 heavy (non-hydrogen) atoms. The van der Waals surface area contributed by atoms with Crippen LogP contribution in [0.1, 0.15) is 68.9 Å². The van der Waals surface area contributed by atoms with Gasteiger partial charge in [-0.05, 0) is 85.5 Å². The van der Waals surface area contributed by atoms with Crippen molar-refractivity contribution in [3.63, 3.8) is 0 Å². The third kappa shape index (κ3) is 4.07. The second-order valence-electron chi connectivity index (χ2n) is 10.4. The zero-order valence-electron chi connectivity index (χ0n) is 19.7. The van der Waals surface area contributed by atoms with Crippen LogP contribution in [-0.4, -0.2) is 23.8 Å². The van der Waals surface area contributed by atoms with Crippen LogP contribution in [0.25, 0.3) is 0 Å². The fourth-order valence-corrected chi connectivity index (χ4v) is 7.15. The van der Waals surface area contributed by atoms with Crippen LogP contribution < -0.4 is 10.1 Å². The summed E-state index contributed by atoms with van der Waals surface area (Å²) in [5.74, 6) is 3.67. The molecule has 3 aliphatic rings. The zero-order valence-corrected chi connectivity index (χ0v) is 19.7. The maximum absolute atomic E-state index is 13.2. The molecule has 2 fully saturated rings. The summed E-state index contributed by atoms with van der Waals surface area (Å²) in [6.45, 7) is 2.23. The van der Waals surface area contributed by atoms with Crippen molar-refractivity contribution in [3.05, 3.63) is 53.7 Å². The summed E-state index contributed by atoms with van der Waals surface area (Å²) >= 11 is 0. The van der Waals surface area contributed by atoms with Gasteiger partial charge in [-0.1, -0.05) is 31.2 Å². The molecule has 1 aromatic carbocycles. The molecule has 5 atom stereocenters. The van der Waals surface area contributed by atoms with Gasteiger partial charge in [0.2, 0.25) is 5.91 Å². The lowest BCUT2D eigenvalue weighted by molar-refractivity contribution is -0.129. The van der Waals surface area contributed by atoms with Crippen molar-refractivity contribution in [2.75, 3.05) is 12.4 Å². The SMILES string of the molecule is COc1ccc(NC(=O)CCCC2CC(=O)[C@@]3(C)CCC4c5ccccc5CCC4C23)nc1. The molecule has 5 rings (SSSR count). The normalized spacial score (nSPS) is 30.2. The van der Waals surface area contributed by atoms with Crippen molar-refractivity contribution < 1.29 is 14.3 Å². The second-order valence-corrected chi connectivity index (χ2v) is 10.4. The monoisotopic (exact) mass is 446 g/mol. The van der Waals surface area contributed by atoms with Gasteiger partial charge in [-0.2, -0.15) is 0 Å². The molecule has 0 spiro atoms. The highest BCUT2D eigenvalue weighted by molar-refractivity contribution is 5.90. The molecule has 2 aromatic rings. The minimum absolute atomic E-state index is 0.0205. The molecule has 1 amide bonds. The molecule has 4 unspecified atom stereocenters. The molecule has 1 N–H and O–H groups in total. The van der Waals surface area contributed by atoms with Crippen LogP contribution in [-0.2, 0) is 16.0 Å². The quantitative estimate of drug-likeness (QED) is 0.632. The number of carbonyl (C=O) groups is 2. The highest BCUT2D eigenvalue weighted by atomic mass is 16.5. The Bertz CT molecular complexity index is 1030. The lowest BCUT2D eigenvalue weighted by Crippen LogP contribution is -2.44. The van der Waals surface area contributed by atoms with Crippen molar-refractivity contribution in [3.8, 4) is 5.75 Å². The number of pyridine rings is 1. The van der Waals surface area contributed by atoms with Gasteiger partial charge in [-0.25, -0.2) is 4.98 Å². The number of methoxy groups -OCH3 is 1. The fourth-order valence-electron chi connectivity index (χ4n) is 7.15. The fraction of sp³-hybridized carbons (Fsp3) is 0.536. The Hall–Kier alpha value is -2.69. The van der Waals surface area contributed by atoms with E-state index in [2.05, 4.69) is 41.5 Å². The number of hydrogen-bond donors (Lipinski definition) is 1. The van der Waals surface area contributed by atoms with E-state index >= 15 is 0 Å². The summed E-state index contributed by atoms with van der Waals surface area (Å²) in [5, 5.41) is 2.87. The van der Waals surface area contributed by atoms with E-state index in [1.165, 1.54) is 17.5 Å². The minimum atomic E-state index is -0.173. The molecule has 0 saturated heterocycles. The van der Waals surface area contributed by atoms with Gasteiger partial charge in [0, 0.05) is 18.3 Å². The molecule has 5 nitrogen and oxygen atoms in total. The van der Waals surface area contributed by atoms with Crippen LogP contribution in [0.15, 0.2) is 42.6 Å². The van der Waals surface area contributed by atoms with Gasteiger partial charge in [0.1, 0.15) is 17.4 Å². The van der Waals surface area contributed by atoms with Crippen molar-refractivity contribution >= 4 is 17.5 Å². The van der Waals surface area contributed by atoms with Crippen molar-refractivity contribution in [2.45, 2.75) is 64.2 Å². The Kier molecular flexibility index (Phi) is 5.98. The number of carbonyl (C=O) groups excluding carboxylic acids is 2. The Morgan fingerprint density at radius 3 is 2.85 bits per heavy atom. The number of aryl methyl sites for hydroxylation is 1. The average Bonchev–Trinajstić information content (AvgIpc) is 3.09. The van der Waals surface area contributed by atoms with Crippen LogP contribution in [0.2, 0.25) is 0 Å². The lowest BCUT2D eigenvalue weighted by atomic mass is 9.54. The first kappa shape index (κ1) is 22.1. The van der Waals surface area contributed by atoms with Gasteiger partial charge in [0.05, 0.1) is 13.3 Å². The standard InChI is InChI=1S/C28H34N2O3/c1-28-15-14-22-21-8-4-3-6-18(21)10-12-23(22)27(28)19(16-24(28)31)7-5-9-26(32)30-25-13-11-20(33-2)17-29-25/h3-4,6,8,11,13,17,19,22-23,27H,5,7,9-10,12,14-16H2,1-2H3,(H,29,30,32)/t19?,22?,23?,27?,28-/m1/s1. The number of rotatable bonds is 6. The van der Waals surface area contributed by atoms with E-state index in [0.717, 1.165) is 32.1 Å². The number of hydrogen-bond acceptors (Lipinski definition) is 4. The third-order valence-corrected chi connectivity index (χ3v) is 8.70. The summed E-state index contributed by atoms with van der Waals surface area (Å²) in [7, 11) is 1.59. The van der Waals surface area contributed by atoms with E-state index in [4.69, 9.17) is 4.74 Å². The van der Waals surface area contributed by atoms with E-state index in [-0.39, 0.29) is 11.3 Å². The summed E-state index contributed by atoms with van der Waals surface area (Å²) in [6.07, 6.45) is 8.95. The average molecular weight is 447 g/mol. The van der Waals surface area contributed by atoms with Crippen LogP contribution in [0.4, 0.5) is 5.82 Å². The van der Waals surface area contributed by atoms with E-state index in [1.54, 1.807) is 25.4 Å². The summed E-state index contributed by atoms with van der Waals surface area (Å²) in [6, 6.07) is 12.5. The molecule has 2 saturated carbocycles. The maximum atomic E-state index is 13.2. The van der Waals surface area contributed by atoms with Gasteiger partial charge < -0.3 is 10.1 Å². The molecular weight excluding hydrogens is 412 g/mol. The number of anilines is 1.